The van der Waals surface area contributed by atoms with Crippen LogP contribution < -0.4 is 15.2 Å². The molecular formula is C19H25ClN6O4. The number of aromatic amines is 1. The minimum absolute atomic E-state index is 0.0508. The first-order valence-corrected chi connectivity index (χ1v) is 10.1. The Morgan fingerprint density at radius 2 is 1.93 bits per heavy atom. The number of nitrogens with zero attached hydrogens (tertiary/aromatic N) is 5. The van der Waals surface area contributed by atoms with Gasteiger partial charge in [-0.1, -0.05) is 11.6 Å². The summed E-state index contributed by atoms with van der Waals surface area (Å²) in [6.07, 6.45) is 4.63. The van der Waals surface area contributed by atoms with Crippen molar-refractivity contribution in [2.45, 2.75) is 26.4 Å². The summed E-state index contributed by atoms with van der Waals surface area (Å²) >= 11 is 5.82. The largest absolute Gasteiger partial charge is 0.486 e. The Bertz CT molecular complexity index is 899. The van der Waals surface area contributed by atoms with Gasteiger partial charge < -0.3 is 19.3 Å². The van der Waals surface area contributed by atoms with E-state index in [9.17, 15) is 9.59 Å². The number of carbonyl (C=O) groups is 1. The van der Waals surface area contributed by atoms with Gasteiger partial charge in [0.15, 0.2) is 0 Å². The lowest BCUT2D eigenvalue weighted by Gasteiger charge is -2.34. The number of hydrogen-bond acceptors (Lipinski definition) is 8. The van der Waals surface area contributed by atoms with Crippen LogP contribution in [0.2, 0.25) is 5.02 Å². The second-order valence-electron chi connectivity index (χ2n) is 7.01. The molecular weight excluding hydrogens is 412 g/mol. The highest BCUT2D eigenvalue weighted by Gasteiger charge is 2.22. The molecule has 2 aromatic heterocycles. The van der Waals surface area contributed by atoms with E-state index >= 15 is 0 Å². The van der Waals surface area contributed by atoms with Crippen LogP contribution >= 0.6 is 11.6 Å². The molecule has 3 rings (SSSR count). The standard InChI is InChI=1S/C19H25ClN6O4/c1-13(30-16-11-23-24-18(28)14(16)2)12-29-8-3-17(27)25-4-6-26(7-5-25)19-21-9-15(20)10-22-19/h9-11,13H,3-8,12H2,1-2H3,(H,24,28)/t13-/m0/s1. The van der Waals surface area contributed by atoms with Crippen molar-refractivity contribution in [2.75, 3.05) is 44.3 Å². The molecule has 0 unspecified atom stereocenters. The van der Waals surface area contributed by atoms with Gasteiger partial charge in [0.2, 0.25) is 11.9 Å². The fourth-order valence-corrected chi connectivity index (χ4v) is 3.10. The molecule has 0 radical (unpaired) electrons. The quantitative estimate of drug-likeness (QED) is 0.611. The summed E-state index contributed by atoms with van der Waals surface area (Å²) in [7, 11) is 0. The topological polar surface area (TPSA) is 114 Å². The van der Waals surface area contributed by atoms with E-state index in [1.807, 2.05) is 16.7 Å². The van der Waals surface area contributed by atoms with E-state index in [1.165, 1.54) is 6.20 Å². The molecule has 11 heteroatoms. The van der Waals surface area contributed by atoms with Gasteiger partial charge in [0.25, 0.3) is 5.56 Å². The molecule has 3 heterocycles. The summed E-state index contributed by atoms with van der Waals surface area (Å²) in [5.74, 6) is 1.10. The van der Waals surface area contributed by atoms with Crippen LogP contribution in [0.1, 0.15) is 18.9 Å². The maximum atomic E-state index is 12.4. The zero-order chi connectivity index (χ0) is 21.5. The summed E-state index contributed by atoms with van der Waals surface area (Å²) in [5, 5.41) is 6.57. The average Bonchev–Trinajstić information content (AvgIpc) is 2.75. The van der Waals surface area contributed by atoms with E-state index in [-0.39, 0.29) is 17.6 Å². The predicted molar refractivity (Wildman–Crippen MR) is 111 cm³/mol. The average molecular weight is 437 g/mol. The smallest absolute Gasteiger partial charge is 0.270 e. The normalized spacial score (nSPS) is 15.2. The Kier molecular flexibility index (Phi) is 7.58. The highest BCUT2D eigenvalue weighted by Crippen LogP contribution is 2.14. The molecule has 0 aromatic carbocycles. The van der Waals surface area contributed by atoms with Gasteiger partial charge >= 0.3 is 0 Å². The minimum atomic E-state index is -0.283. The van der Waals surface area contributed by atoms with Crippen LogP contribution in [0.25, 0.3) is 0 Å². The van der Waals surface area contributed by atoms with Crippen LogP contribution in [0.3, 0.4) is 0 Å². The van der Waals surface area contributed by atoms with Crippen molar-refractivity contribution in [1.29, 1.82) is 0 Å². The van der Waals surface area contributed by atoms with E-state index in [4.69, 9.17) is 21.1 Å². The van der Waals surface area contributed by atoms with Crippen molar-refractivity contribution in [1.82, 2.24) is 25.1 Å². The Balaban J connectivity index is 1.34. The number of halogens is 1. The molecule has 1 saturated heterocycles. The van der Waals surface area contributed by atoms with Gasteiger partial charge in [-0.2, -0.15) is 5.10 Å². The van der Waals surface area contributed by atoms with Gasteiger partial charge in [0.1, 0.15) is 11.9 Å². The summed E-state index contributed by atoms with van der Waals surface area (Å²) in [4.78, 5) is 36.2. The Hall–Kier alpha value is -2.72. The molecule has 1 atom stereocenters. The van der Waals surface area contributed by atoms with Crippen molar-refractivity contribution in [2.24, 2.45) is 0 Å². The summed E-state index contributed by atoms with van der Waals surface area (Å²) in [6.45, 7) is 6.67. The number of hydrogen-bond donors (Lipinski definition) is 1. The third-order valence-corrected chi connectivity index (χ3v) is 4.92. The molecule has 1 N–H and O–H groups in total. The fourth-order valence-electron chi connectivity index (χ4n) is 3.00. The van der Waals surface area contributed by atoms with E-state index in [0.29, 0.717) is 68.1 Å². The molecule has 30 heavy (non-hydrogen) atoms. The summed E-state index contributed by atoms with van der Waals surface area (Å²) in [6, 6.07) is 0. The minimum Gasteiger partial charge on any atom is -0.486 e. The van der Waals surface area contributed by atoms with Crippen molar-refractivity contribution >= 4 is 23.5 Å². The molecule has 1 aliphatic heterocycles. The Morgan fingerprint density at radius 3 is 2.63 bits per heavy atom. The fraction of sp³-hybridized carbons (Fsp3) is 0.526. The van der Waals surface area contributed by atoms with E-state index in [0.717, 1.165) is 0 Å². The second-order valence-corrected chi connectivity index (χ2v) is 7.45. The van der Waals surface area contributed by atoms with E-state index < -0.39 is 0 Å². The monoisotopic (exact) mass is 436 g/mol. The first kappa shape index (κ1) is 22.0. The lowest BCUT2D eigenvalue weighted by Crippen LogP contribution is -2.49. The first-order chi connectivity index (χ1) is 14.4. The summed E-state index contributed by atoms with van der Waals surface area (Å²) < 4.78 is 11.3. The molecule has 0 aliphatic carbocycles. The number of rotatable bonds is 8. The molecule has 0 spiro atoms. The molecule has 162 valence electrons. The van der Waals surface area contributed by atoms with Crippen molar-refractivity contribution < 1.29 is 14.3 Å². The van der Waals surface area contributed by atoms with Gasteiger partial charge in [-0.25, -0.2) is 15.1 Å². The number of piperazine rings is 1. The molecule has 0 saturated carbocycles. The van der Waals surface area contributed by atoms with Crippen LogP contribution in [-0.2, 0) is 9.53 Å². The number of H-pyrrole nitrogens is 1. The lowest BCUT2D eigenvalue weighted by atomic mass is 10.3. The lowest BCUT2D eigenvalue weighted by molar-refractivity contribution is -0.132. The van der Waals surface area contributed by atoms with Gasteiger partial charge in [0, 0.05) is 26.2 Å². The van der Waals surface area contributed by atoms with Crippen molar-refractivity contribution in [3.63, 3.8) is 0 Å². The number of anilines is 1. The molecule has 2 aromatic rings. The van der Waals surface area contributed by atoms with E-state index in [1.54, 1.807) is 19.3 Å². The Labute approximate surface area is 179 Å². The first-order valence-electron chi connectivity index (χ1n) is 9.73. The van der Waals surface area contributed by atoms with Crippen LogP contribution in [0.5, 0.6) is 5.75 Å². The van der Waals surface area contributed by atoms with Gasteiger partial charge in [0.05, 0.1) is 48.8 Å². The maximum Gasteiger partial charge on any atom is 0.270 e. The number of ether oxygens (including phenoxy) is 2. The van der Waals surface area contributed by atoms with Gasteiger partial charge in [-0.15, -0.1) is 0 Å². The molecule has 1 amide bonds. The van der Waals surface area contributed by atoms with Crippen LogP contribution in [-0.4, -0.2) is 76.5 Å². The Morgan fingerprint density at radius 1 is 1.23 bits per heavy atom. The molecule has 1 fully saturated rings. The third-order valence-electron chi connectivity index (χ3n) is 4.72. The van der Waals surface area contributed by atoms with Crippen molar-refractivity contribution in [3.05, 3.63) is 39.5 Å². The third kappa shape index (κ3) is 5.90. The van der Waals surface area contributed by atoms with Crippen LogP contribution in [0.4, 0.5) is 5.95 Å². The van der Waals surface area contributed by atoms with Crippen LogP contribution in [0.15, 0.2) is 23.4 Å². The second kappa shape index (κ2) is 10.4. The van der Waals surface area contributed by atoms with Crippen LogP contribution in [0, 0.1) is 6.92 Å². The maximum absolute atomic E-state index is 12.4. The number of aromatic nitrogens is 4. The number of carbonyl (C=O) groups excluding carboxylic acids is 1. The zero-order valence-electron chi connectivity index (χ0n) is 17.0. The van der Waals surface area contributed by atoms with Crippen molar-refractivity contribution in [3.8, 4) is 5.75 Å². The zero-order valence-corrected chi connectivity index (χ0v) is 17.8. The molecule has 1 aliphatic rings. The number of amides is 1. The molecule has 0 bridgehead atoms. The molecule has 10 nitrogen and oxygen atoms in total. The number of nitrogens with one attached hydrogen (secondary N) is 1. The van der Waals surface area contributed by atoms with Gasteiger partial charge in [-0.3, -0.25) is 9.59 Å². The van der Waals surface area contributed by atoms with Gasteiger partial charge in [-0.05, 0) is 13.8 Å². The predicted octanol–water partition coefficient (Wildman–Crippen LogP) is 1.04. The van der Waals surface area contributed by atoms with E-state index in [2.05, 4.69) is 20.2 Å². The highest BCUT2D eigenvalue weighted by molar-refractivity contribution is 6.30. The SMILES string of the molecule is Cc1c(O[C@@H](C)COCCC(=O)N2CCN(c3ncc(Cl)cn3)CC2)cn[nH]c1=O. The highest BCUT2D eigenvalue weighted by atomic mass is 35.5. The summed E-state index contributed by atoms with van der Waals surface area (Å²) in [5.41, 5.74) is 0.184.